The Morgan fingerprint density at radius 3 is 2.77 bits per heavy atom. The highest BCUT2D eigenvalue weighted by Gasteiger charge is 2.16. The summed E-state index contributed by atoms with van der Waals surface area (Å²) >= 11 is 1.19. The van der Waals surface area contributed by atoms with E-state index >= 15 is 0 Å². The van der Waals surface area contributed by atoms with Crippen LogP contribution in [0.15, 0.2) is 5.38 Å². The van der Waals surface area contributed by atoms with Crippen LogP contribution < -0.4 is 11.5 Å². The summed E-state index contributed by atoms with van der Waals surface area (Å²) in [4.78, 5) is 11.0. The number of rotatable bonds is 3. The van der Waals surface area contributed by atoms with E-state index in [2.05, 4.69) is 0 Å². The summed E-state index contributed by atoms with van der Waals surface area (Å²) in [6.07, 6.45) is 0. The molecule has 1 heterocycles. The molecule has 0 saturated heterocycles. The molecule has 1 aromatic rings. The average molecular weight is 200 g/mol. The molecule has 0 aliphatic rings. The summed E-state index contributed by atoms with van der Waals surface area (Å²) in [6.45, 7) is 2.08. The highest BCUT2D eigenvalue weighted by molar-refractivity contribution is 7.12. The smallest absolute Gasteiger partial charge is 0.346 e. The molecule has 0 radical (unpaired) electrons. The van der Waals surface area contributed by atoms with E-state index in [9.17, 15) is 4.79 Å². The van der Waals surface area contributed by atoms with Crippen LogP contribution in [-0.2, 0) is 0 Å². The quantitative estimate of drug-likeness (QED) is 0.670. The van der Waals surface area contributed by atoms with Crippen LogP contribution in [0.4, 0.5) is 0 Å². The van der Waals surface area contributed by atoms with Crippen LogP contribution in [0.25, 0.3) is 0 Å². The Labute approximate surface area is 80.2 Å². The number of hydrogen-bond donors (Lipinski definition) is 3. The molecule has 0 amide bonds. The Kier molecular flexibility index (Phi) is 3.02. The molecule has 13 heavy (non-hydrogen) atoms. The van der Waals surface area contributed by atoms with E-state index in [1.807, 2.05) is 0 Å². The van der Waals surface area contributed by atoms with E-state index in [1.54, 1.807) is 12.3 Å². The van der Waals surface area contributed by atoms with Gasteiger partial charge in [0.15, 0.2) is 0 Å². The van der Waals surface area contributed by atoms with Gasteiger partial charge in [0.1, 0.15) is 4.88 Å². The molecule has 72 valence electrons. The van der Waals surface area contributed by atoms with Crippen molar-refractivity contribution >= 4 is 17.3 Å². The van der Waals surface area contributed by atoms with Crippen molar-refractivity contribution in [3.05, 3.63) is 21.4 Å². The van der Waals surface area contributed by atoms with Crippen LogP contribution in [0, 0.1) is 6.92 Å². The molecular formula is C8H12N2O2S. The summed E-state index contributed by atoms with van der Waals surface area (Å²) in [6, 6.07) is -0.260. The first-order valence-corrected chi connectivity index (χ1v) is 4.72. The third-order valence-electron chi connectivity index (χ3n) is 1.92. The number of carboxylic acid groups (broad SMARTS) is 1. The van der Waals surface area contributed by atoms with E-state index in [1.165, 1.54) is 11.3 Å². The van der Waals surface area contributed by atoms with Crippen LogP contribution in [0.2, 0.25) is 0 Å². The fourth-order valence-corrected chi connectivity index (χ4v) is 2.13. The Hall–Kier alpha value is -0.910. The van der Waals surface area contributed by atoms with Crippen molar-refractivity contribution in [2.24, 2.45) is 11.5 Å². The van der Waals surface area contributed by atoms with E-state index in [0.717, 1.165) is 11.1 Å². The first-order valence-electron chi connectivity index (χ1n) is 3.84. The summed E-state index contributed by atoms with van der Waals surface area (Å²) in [7, 11) is 0. The van der Waals surface area contributed by atoms with Crippen molar-refractivity contribution in [3.63, 3.8) is 0 Å². The van der Waals surface area contributed by atoms with Crippen molar-refractivity contribution in [1.82, 2.24) is 0 Å². The van der Waals surface area contributed by atoms with Gasteiger partial charge < -0.3 is 16.6 Å². The molecular weight excluding hydrogens is 188 g/mol. The summed E-state index contributed by atoms with van der Waals surface area (Å²) in [5.41, 5.74) is 12.7. The fraction of sp³-hybridized carbons (Fsp3) is 0.375. The van der Waals surface area contributed by atoms with Gasteiger partial charge in [-0.2, -0.15) is 0 Å². The Morgan fingerprint density at radius 2 is 2.38 bits per heavy atom. The molecule has 5 N–H and O–H groups in total. The molecule has 4 nitrogen and oxygen atoms in total. The van der Waals surface area contributed by atoms with Crippen LogP contribution in [0.3, 0.4) is 0 Å². The molecule has 1 aromatic heterocycles. The van der Waals surface area contributed by atoms with E-state index < -0.39 is 5.97 Å². The van der Waals surface area contributed by atoms with Gasteiger partial charge in [0.2, 0.25) is 0 Å². The second-order valence-corrected chi connectivity index (χ2v) is 3.67. The zero-order valence-electron chi connectivity index (χ0n) is 7.28. The molecule has 0 spiro atoms. The van der Waals surface area contributed by atoms with Crippen molar-refractivity contribution in [2.75, 3.05) is 6.54 Å². The van der Waals surface area contributed by atoms with Gasteiger partial charge in [0.05, 0.1) is 0 Å². The predicted molar refractivity (Wildman–Crippen MR) is 52.0 cm³/mol. The predicted octanol–water partition coefficient (Wildman–Crippen LogP) is 0.713. The monoisotopic (exact) mass is 200 g/mol. The van der Waals surface area contributed by atoms with Gasteiger partial charge in [0, 0.05) is 12.6 Å². The number of nitrogens with two attached hydrogens (primary N) is 2. The van der Waals surface area contributed by atoms with Gasteiger partial charge in [-0.25, -0.2) is 4.79 Å². The zero-order chi connectivity index (χ0) is 10.0. The maximum atomic E-state index is 10.7. The third-order valence-corrected chi connectivity index (χ3v) is 3.01. The highest BCUT2D eigenvalue weighted by Crippen LogP contribution is 2.25. The molecule has 0 unspecified atom stereocenters. The Balaban J connectivity index is 3.06. The molecule has 0 bridgehead atoms. The van der Waals surface area contributed by atoms with Crippen molar-refractivity contribution in [3.8, 4) is 0 Å². The second kappa shape index (κ2) is 3.87. The summed E-state index contributed by atoms with van der Waals surface area (Å²) < 4.78 is 0. The minimum absolute atomic E-state index is 0.260. The minimum Gasteiger partial charge on any atom is -0.477 e. The molecule has 0 saturated carbocycles. The number of hydrogen-bond acceptors (Lipinski definition) is 4. The average Bonchev–Trinajstić information content (AvgIpc) is 2.46. The fourth-order valence-electron chi connectivity index (χ4n) is 1.13. The van der Waals surface area contributed by atoms with Crippen molar-refractivity contribution < 1.29 is 9.90 Å². The van der Waals surface area contributed by atoms with Crippen LogP contribution in [0.5, 0.6) is 0 Å². The lowest BCUT2D eigenvalue weighted by molar-refractivity contribution is 0.0701. The normalized spacial score (nSPS) is 12.8. The Morgan fingerprint density at radius 1 is 1.77 bits per heavy atom. The molecule has 0 aliphatic carbocycles. The van der Waals surface area contributed by atoms with Crippen molar-refractivity contribution in [2.45, 2.75) is 13.0 Å². The lowest BCUT2D eigenvalue weighted by Gasteiger charge is -2.07. The van der Waals surface area contributed by atoms with Gasteiger partial charge in [-0.1, -0.05) is 0 Å². The van der Waals surface area contributed by atoms with Gasteiger partial charge in [-0.15, -0.1) is 11.3 Å². The highest BCUT2D eigenvalue weighted by atomic mass is 32.1. The van der Waals surface area contributed by atoms with Gasteiger partial charge in [-0.3, -0.25) is 0 Å². The number of carboxylic acids is 1. The lowest BCUT2D eigenvalue weighted by Crippen LogP contribution is -2.21. The summed E-state index contributed by atoms with van der Waals surface area (Å²) in [5.74, 6) is -0.905. The van der Waals surface area contributed by atoms with Crippen LogP contribution in [-0.4, -0.2) is 17.6 Å². The largest absolute Gasteiger partial charge is 0.477 e. The topological polar surface area (TPSA) is 89.3 Å². The standard InChI is InChI=1S/C8H12N2O2S/c1-4-5(6(10)2-9)3-13-7(4)8(11)12/h3,6H,2,9-10H2,1H3,(H,11,12)/t6-/m0/s1. The maximum absolute atomic E-state index is 10.7. The first-order chi connectivity index (χ1) is 6.07. The van der Waals surface area contributed by atoms with Crippen LogP contribution >= 0.6 is 11.3 Å². The number of carbonyl (C=O) groups is 1. The van der Waals surface area contributed by atoms with Gasteiger partial charge >= 0.3 is 5.97 Å². The zero-order valence-corrected chi connectivity index (χ0v) is 8.10. The van der Waals surface area contributed by atoms with Gasteiger partial charge in [-0.05, 0) is 23.4 Å². The SMILES string of the molecule is Cc1c([C@@H](N)CN)csc1C(=O)O. The minimum atomic E-state index is -0.905. The molecule has 0 fully saturated rings. The first kappa shape index (κ1) is 10.2. The molecule has 1 rings (SSSR count). The maximum Gasteiger partial charge on any atom is 0.346 e. The van der Waals surface area contributed by atoms with Crippen LogP contribution in [0.1, 0.15) is 26.8 Å². The van der Waals surface area contributed by atoms with E-state index in [0.29, 0.717) is 11.4 Å². The molecule has 0 aliphatic heterocycles. The molecule has 1 atom stereocenters. The summed E-state index contributed by atoms with van der Waals surface area (Å²) in [5, 5.41) is 10.5. The second-order valence-electron chi connectivity index (χ2n) is 2.79. The van der Waals surface area contributed by atoms with Crippen molar-refractivity contribution in [1.29, 1.82) is 0 Å². The molecule has 5 heteroatoms. The third kappa shape index (κ3) is 1.88. The number of aromatic carboxylic acids is 1. The lowest BCUT2D eigenvalue weighted by atomic mass is 10.1. The Bertz CT molecular complexity index is 322. The number of thiophene rings is 1. The van der Waals surface area contributed by atoms with E-state index in [4.69, 9.17) is 16.6 Å². The van der Waals surface area contributed by atoms with Gasteiger partial charge in [0.25, 0.3) is 0 Å². The van der Waals surface area contributed by atoms with E-state index in [-0.39, 0.29) is 6.04 Å². The molecule has 0 aromatic carbocycles.